The molecular weight excluding hydrogens is 280 g/mol. The summed E-state index contributed by atoms with van der Waals surface area (Å²) in [5.74, 6) is 0.636. The first-order valence-corrected chi connectivity index (χ1v) is 8.68. The number of esters is 1. The molecule has 4 heteroatoms. The van der Waals surface area contributed by atoms with Crippen molar-refractivity contribution in [2.24, 2.45) is 23.2 Å². The molecule has 0 unspecified atom stereocenters. The Bertz CT molecular complexity index is 454. The number of ether oxygens (including phenoxy) is 2. The Hall–Kier alpha value is -0.610. The number of rotatable bonds is 1. The molecule has 2 saturated carbocycles. The van der Waals surface area contributed by atoms with Gasteiger partial charge in [-0.1, -0.05) is 13.8 Å². The molecule has 0 aromatic carbocycles. The Morgan fingerprint density at radius 1 is 1.32 bits per heavy atom. The molecule has 0 spiro atoms. The van der Waals surface area contributed by atoms with Crippen LogP contribution in [0.2, 0.25) is 0 Å². The van der Waals surface area contributed by atoms with Crippen LogP contribution in [0.5, 0.6) is 0 Å². The second kappa shape index (κ2) is 5.20. The molecular formula is C18H30O4. The first-order chi connectivity index (χ1) is 10.1. The van der Waals surface area contributed by atoms with Crippen molar-refractivity contribution in [2.75, 3.05) is 0 Å². The zero-order chi connectivity index (χ0) is 16.3. The van der Waals surface area contributed by atoms with Crippen LogP contribution in [0.15, 0.2) is 0 Å². The highest BCUT2D eigenvalue weighted by molar-refractivity contribution is 5.72. The van der Waals surface area contributed by atoms with E-state index in [1.165, 1.54) is 0 Å². The second-order valence-electron chi connectivity index (χ2n) is 8.82. The van der Waals surface area contributed by atoms with Crippen molar-refractivity contribution in [3.05, 3.63) is 0 Å². The van der Waals surface area contributed by atoms with Crippen molar-refractivity contribution in [3.63, 3.8) is 0 Å². The molecule has 0 bridgehead atoms. The van der Waals surface area contributed by atoms with E-state index in [1.807, 2.05) is 0 Å². The van der Waals surface area contributed by atoms with Crippen LogP contribution in [0, 0.1) is 23.2 Å². The van der Waals surface area contributed by atoms with Gasteiger partial charge in [-0.3, -0.25) is 4.79 Å². The number of aliphatic hydroxyl groups excluding tert-OH is 1. The molecule has 1 heterocycles. The van der Waals surface area contributed by atoms with Crippen molar-refractivity contribution >= 4 is 5.97 Å². The van der Waals surface area contributed by atoms with Gasteiger partial charge in [-0.2, -0.15) is 0 Å². The summed E-state index contributed by atoms with van der Waals surface area (Å²) >= 11 is 0. The lowest BCUT2D eigenvalue weighted by atomic mass is 9.67. The van der Waals surface area contributed by atoms with Gasteiger partial charge in [-0.25, -0.2) is 0 Å². The molecule has 0 amide bonds. The minimum atomic E-state index is -0.534. The lowest BCUT2D eigenvalue weighted by Crippen LogP contribution is -2.50. The lowest BCUT2D eigenvalue weighted by Gasteiger charge is -2.44. The molecule has 0 aromatic rings. The molecule has 0 aromatic heterocycles. The van der Waals surface area contributed by atoms with Crippen LogP contribution in [0.25, 0.3) is 0 Å². The van der Waals surface area contributed by atoms with Crippen molar-refractivity contribution in [2.45, 2.75) is 84.2 Å². The number of fused-ring (bicyclic) bond motifs is 2. The van der Waals surface area contributed by atoms with E-state index in [9.17, 15) is 9.90 Å². The van der Waals surface area contributed by atoms with Crippen molar-refractivity contribution in [1.29, 1.82) is 0 Å². The minimum Gasteiger partial charge on any atom is -0.462 e. The van der Waals surface area contributed by atoms with Gasteiger partial charge in [0.15, 0.2) is 0 Å². The quantitative estimate of drug-likeness (QED) is 0.757. The van der Waals surface area contributed by atoms with Crippen LogP contribution in [0.1, 0.15) is 60.3 Å². The van der Waals surface area contributed by atoms with E-state index in [0.717, 1.165) is 19.3 Å². The van der Waals surface area contributed by atoms with E-state index in [1.54, 1.807) is 0 Å². The third kappa shape index (κ3) is 2.48. The van der Waals surface area contributed by atoms with Gasteiger partial charge in [0.2, 0.25) is 0 Å². The molecule has 7 atom stereocenters. The zero-order valence-corrected chi connectivity index (χ0v) is 14.5. The first kappa shape index (κ1) is 16.3. The van der Waals surface area contributed by atoms with Gasteiger partial charge in [0.1, 0.15) is 6.10 Å². The van der Waals surface area contributed by atoms with Crippen molar-refractivity contribution < 1.29 is 19.4 Å². The van der Waals surface area contributed by atoms with Gasteiger partial charge in [0.25, 0.3) is 0 Å². The monoisotopic (exact) mass is 310 g/mol. The number of aliphatic hydroxyl groups is 1. The Morgan fingerprint density at radius 3 is 2.64 bits per heavy atom. The topological polar surface area (TPSA) is 55.8 Å². The SMILES string of the molecule is C[C@@H]1C[C@H]2OC(=O)C[C@H]2[C@H](O)[C@@]2(C)[C@@H](OC(C)(C)C)CC[C@H]12. The molecule has 3 rings (SSSR count). The highest BCUT2D eigenvalue weighted by Crippen LogP contribution is 2.57. The predicted octanol–water partition coefficient (Wildman–Crippen LogP) is 2.92. The molecule has 2 aliphatic carbocycles. The van der Waals surface area contributed by atoms with Crippen LogP contribution in [0.3, 0.4) is 0 Å². The van der Waals surface area contributed by atoms with Crippen LogP contribution < -0.4 is 0 Å². The van der Waals surface area contributed by atoms with Crippen LogP contribution >= 0.6 is 0 Å². The predicted molar refractivity (Wildman–Crippen MR) is 83.2 cm³/mol. The number of hydrogen-bond acceptors (Lipinski definition) is 4. The Kier molecular flexibility index (Phi) is 3.84. The Labute approximate surface area is 133 Å². The fraction of sp³-hybridized carbons (Fsp3) is 0.944. The molecule has 22 heavy (non-hydrogen) atoms. The number of carbonyl (C=O) groups excluding carboxylic acids is 1. The van der Waals surface area contributed by atoms with E-state index in [4.69, 9.17) is 9.47 Å². The van der Waals surface area contributed by atoms with Gasteiger partial charge in [0.05, 0.1) is 24.2 Å². The molecule has 3 fully saturated rings. The molecule has 0 radical (unpaired) electrons. The standard InChI is InChI=1S/C18H30O4/c1-10-8-13-11(9-15(19)21-13)16(20)18(5)12(10)6-7-14(18)22-17(2,3)4/h10-14,16,20H,6-9H2,1-5H3/t10-,11-,12-,13-,14+,16+,18-/m1/s1. The average Bonchev–Trinajstić information content (AvgIpc) is 2.87. The summed E-state index contributed by atoms with van der Waals surface area (Å²) in [7, 11) is 0. The first-order valence-electron chi connectivity index (χ1n) is 8.68. The van der Waals surface area contributed by atoms with E-state index < -0.39 is 6.10 Å². The summed E-state index contributed by atoms with van der Waals surface area (Å²) in [6, 6.07) is 0. The minimum absolute atomic E-state index is 0.0457. The van der Waals surface area contributed by atoms with Gasteiger partial charge < -0.3 is 14.6 Å². The second-order valence-corrected chi connectivity index (χ2v) is 8.82. The molecule has 1 aliphatic heterocycles. The van der Waals surface area contributed by atoms with E-state index >= 15 is 0 Å². The molecule has 4 nitrogen and oxygen atoms in total. The fourth-order valence-corrected chi connectivity index (χ4v) is 5.27. The van der Waals surface area contributed by atoms with Gasteiger partial charge in [-0.15, -0.1) is 0 Å². The normalized spacial score (nSPS) is 48.5. The van der Waals surface area contributed by atoms with E-state index in [-0.39, 0.29) is 35.1 Å². The average molecular weight is 310 g/mol. The van der Waals surface area contributed by atoms with Gasteiger partial charge in [-0.05, 0) is 51.9 Å². The fourth-order valence-electron chi connectivity index (χ4n) is 5.27. The van der Waals surface area contributed by atoms with Crippen LogP contribution in [-0.4, -0.2) is 35.0 Å². The number of carbonyl (C=O) groups is 1. The smallest absolute Gasteiger partial charge is 0.306 e. The van der Waals surface area contributed by atoms with Crippen molar-refractivity contribution in [1.82, 2.24) is 0 Å². The summed E-state index contributed by atoms with van der Waals surface area (Å²) in [4.78, 5) is 11.7. The van der Waals surface area contributed by atoms with Crippen LogP contribution in [-0.2, 0) is 14.3 Å². The summed E-state index contributed by atoms with van der Waals surface area (Å²) in [6.45, 7) is 10.6. The zero-order valence-electron chi connectivity index (χ0n) is 14.5. The summed E-state index contributed by atoms with van der Waals surface area (Å²) in [5.41, 5.74) is -0.515. The summed E-state index contributed by atoms with van der Waals surface area (Å²) in [6.07, 6.45) is 2.70. The maximum Gasteiger partial charge on any atom is 0.306 e. The molecule has 3 aliphatic rings. The number of hydrogen-bond donors (Lipinski definition) is 1. The highest BCUT2D eigenvalue weighted by atomic mass is 16.6. The maximum atomic E-state index is 11.7. The molecule has 126 valence electrons. The maximum absolute atomic E-state index is 11.7. The van der Waals surface area contributed by atoms with Gasteiger partial charge in [0, 0.05) is 11.3 Å². The highest BCUT2D eigenvalue weighted by Gasteiger charge is 2.60. The van der Waals surface area contributed by atoms with Crippen LogP contribution in [0.4, 0.5) is 0 Å². The molecule has 1 N–H and O–H groups in total. The third-order valence-electron chi connectivity index (χ3n) is 6.22. The Morgan fingerprint density at radius 2 is 2.00 bits per heavy atom. The lowest BCUT2D eigenvalue weighted by molar-refractivity contribution is -0.157. The van der Waals surface area contributed by atoms with E-state index in [2.05, 4.69) is 34.6 Å². The summed E-state index contributed by atoms with van der Waals surface area (Å²) in [5, 5.41) is 11.2. The summed E-state index contributed by atoms with van der Waals surface area (Å²) < 4.78 is 11.8. The molecule has 1 saturated heterocycles. The van der Waals surface area contributed by atoms with Gasteiger partial charge >= 0.3 is 5.97 Å². The Balaban J connectivity index is 1.94. The van der Waals surface area contributed by atoms with Crippen molar-refractivity contribution in [3.8, 4) is 0 Å². The van der Waals surface area contributed by atoms with E-state index in [0.29, 0.717) is 18.3 Å². The third-order valence-corrected chi connectivity index (χ3v) is 6.22. The largest absolute Gasteiger partial charge is 0.462 e.